The number of hydrogen-bond acceptors (Lipinski definition) is 5. The number of hydrogen-bond donors (Lipinski definition) is 0. The molecular formula is C23H17N3O4. The van der Waals surface area contributed by atoms with Crippen LogP contribution in [0.2, 0.25) is 0 Å². The molecule has 0 spiro atoms. The van der Waals surface area contributed by atoms with E-state index in [1.54, 1.807) is 25.3 Å². The molecule has 0 saturated heterocycles. The molecule has 7 heteroatoms. The van der Waals surface area contributed by atoms with Gasteiger partial charge in [0.1, 0.15) is 17.3 Å². The van der Waals surface area contributed by atoms with Gasteiger partial charge in [-0.15, -0.1) is 0 Å². The summed E-state index contributed by atoms with van der Waals surface area (Å²) in [5.41, 5.74) is 2.31. The highest BCUT2D eigenvalue weighted by molar-refractivity contribution is 6.33. The second-order valence-electron chi connectivity index (χ2n) is 6.52. The molecular weight excluding hydrogens is 382 g/mol. The minimum absolute atomic E-state index is 0.0439. The van der Waals surface area contributed by atoms with Gasteiger partial charge < -0.3 is 4.74 Å². The van der Waals surface area contributed by atoms with Crippen molar-refractivity contribution in [2.75, 3.05) is 12.0 Å². The van der Waals surface area contributed by atoms with Crippen molar-refractivity contribution in [1.29, 1.82) is 0 Å². The van der Waals surface area contributed by atoms with E-state index in [1.807, 2.05) is 54.6 Å². The Balaban J connectivity index is 1.76. The minimum atomic E-state index is -0.475. The number of carbonyl (C=O) groups is 1. The van der Waals surface area contributed by atoms with E-state index in [2.05, 4.69) is 4.99 Å². The van der Waals surface area contributed by atoms with Crippen LogP contribution in [0.25, 0.3) is 6.08 Å². The number of nitro benzene ring substituents is 1. The van der Waals surface area contributed by atoms with Gasteiger partial charge in [-0.1, -0.05) is 42.5 Å². The van der Waals surface area contributed by atoms with Gasteiger partial charge in [0.15, 0.2) is 0 Å². The smallest absolute Gasteiger partial charge is 0.282 e. The van der Waals surface area contributed by atoms with E-state index in [9.17, 15) is 14.9 Å². The first-order chi connectivity index (χ1) is 14.6. The summed E-state index contributed by atoms with van der Waals surface area (Å²) in [6.45, 7) is 0. The van der Waals surface area contributed by atoms with Crippen LogP contribution in [0.4, 0.5) is 11.4 Å². The van der Waals surface area contributed by atoms with Crippen LogP contribution in [0.15, 0.2) is 89.6 Å². The van der Waals surface area contributed by atoms with E-state index in [4.69, 9.17) is 4.74 Å². The molecule has 0 saturated carbocycles. The third-order valence-electron chi connectivity index (χ3n) is 4.63. The van der Waals surface area contributed by atoms with Crippen molar-refractivity contribution in [3.8, 4) is 5.75 Å². The molecule has 1 amide bonds. The first-order valence-electron chi connectivity index (χ1n) is 9.15. The summed E-state index contributed by atoms with van der Waals surface area (Å²) in [5.74, 6) is 0.878. The molecule has 0 radical (unpaired) electrons. The Hall–Kier alpha value is -4.26. The van der Waals surface area contributed by atoms with Crippen LogP contribution in [-0.4, -0.2) is 23.8 Å². The number of benzene rings is 3. The fraction of sp³-hybridized carbons (Fsp3) is 0.0435. The van der Waals surface area contributed by atoms with E-state index in [-0.39, 0.29) is 17.3 Å². The van der Waals surface area contributed by atoms with Crippen molar-refractivity contribution < 1.29 is 14.5 Å². The SMILES string of the molecule is COc1ccc(C=C2N=C(c3ccccc3)N(c3ccc([N+](=O)[O-])cc3)C2=O)cc1. The Morgan fingerprint density at radius 2 is 1.63 bits per heavy atom. The predicted molar refractivity (Wildman–Crippen MR) is 115 cm³/mol. The number of non-ortho nitro benzene ring substituents is 1. The fourth-order valence-electron chi connectivity index (χ4n) is 3.12. The third-order valence-corrected chi connectivity index (χ3v) is 4.63. The number of amides is 1. The zero-order valence-corrected chi connectivity index (χ0v) is 16.1. The van der Waals surface area contributed by atoms with E-state index in [1.165, 1.54) is 17.0 Å². The zero-order chi connectivity index (χ0) is 21.1. The monoisotopic (exact) mass is 399 g/mol. The van der Waals surface area contributed by atoms with Gasteiger partial charge in [0.25, 0.3) is 11.6 Å². The number of nitro groups is 1. The molecule has 0 aliphatic carbocycles. The molecule has 0 bridgehead atoms. The summed E-state index contributed by atoms with van der Waals surface area (Å²) in [4.78, 5) is 29.8. The minimum Gasteiger partial charge on any atom is -0.497 e. The highest BCUT2D eigenvalue weighted by Gasteiger charge is 2.32. The average molecular weight is 399 g/mol. The molecule has 1 aliphatic heterocycles. The summed E-state index contributed by atoms with van der Waals surface area (Å²) in [6, 6.07) is 22.5. The second-order valence-corrected chi connectivity index (χ2v) is 6.52. The van der Waals surface area contributed by atoms with Gasteiger partial charge in [-0.3, -0.25) is 19.8 Å². The van der Waals surface area contributed by atoms with Crippen LogP contribution in [0, 0.1) is 10.1 Å². The average Bonchev–Trinajstić information content (AvgIpc) is 3.11. The summed E-state index contributed by atoms with van der Waals surface area (Å²) in [5, 5.41) is 11.0. The molecule has 0 aromatic heterocycles. The van der Waals surface area contributed by atoms with E-state index < -0.39 is 4.92 Å². The number of methoxy groups -OCH3 is 1. The number of amidine groups is 1. The molecule has 0 N–H and O–H groups in total. The van der Waals surface area contributed by atoms with Crippen LogP contribution >= 0.6 is 0 Å². The summed E-state index contributed by atoms with van der Waals surface area (Å²) < 4.78 is 5.17. The quantitative estimate of drug-likeness (QED) is 0.361. The van der Waals surface area contributed by atoms with Gasteiger partial charge in [0, 0.05) is 17.7 Å². The maximum Gasteiger partial charge on any atom is 0.282 e. The molecule has 3 aromatic rings. The Morgan fingerprint density at radius 1 is 0.967 bits per heavy atom. The third kappa shape index (κ3) is 3.68. The molecule has 0 unspecified atom stereocenters. The van der Waals surface area contributed by atoms with Crippen molar-refractivity contribution in [1.82, 2.24) is 0 Å². The van der Waals surface area contributed by atoms with Crippen molar-refractivity contribution in [2.24, 2.45) is 4.99 Å². The van der Waals surface area contributed by atoms with Crippen molar-refractivity contribution in [2.45, 2.75) is 0 Å². The maximum absolute atomic E-state index is 13.2. The van der Waals surface area contributed by atoms with Gasteiger partial charge >= 0.3 is 0 Å². The van der Waals surface area contributed by atoms with E-state index in [0.29, 0.717) is 11.5 Å². The van der Waals surface area contributed by atoms with Crippen molar-refractivity contribution in [3.05, 3.63) is 106 Å². The zero-order valence-electron chi connectivity index (χ0n) is 16.1. The standard InChI is InChI=1S/C23H17N3O4/c1-30-20-13-7-16(8-14-20)15-21-23(27)25(18-9-11-19(12-10-18)26(28)29)22(24-21)17-5-3-2-4-6-17/h2-15H,1H3. The molecule has 1 heterocycles. The normalized spacial score (nSPS) is 14.7. The lowest BCUT2D eigenvalue weighted by atomic mass is 10.1. The van der Waals surface area contributed by atoms with Gasteiger partial charge in [-0.2, -0.15) is 0 Å². The van der Waals surface area contributed by atoms with Gasteiger partial charge in [-0.05, 0) is 35.9 Å². The van der Waals surface area contributed by atoms with Gasteiger partial charge in [0.05, 0.1) is 17.7 Å². The molecule has 0 atom stereocenters. The first-order valence-corrected chi connectivity index (χ1v) is 9.15. The number of ether oxygens (including phenoxy) is 1. The lowest BCUT2D eigenvalue weighted by molar-refractivity contribution is -0.384. The number of aliphatic imine (C=N–C) groups is 1. The number of nitrogens with zero attached hydrogens (tertiary/aromatic N) is 3. The molecule has 7 nitrogen and oxygen atoms in total. The Morgan fingerprint density at radius 3 is 2.23 bits per heavy atom. The van der Waals surface area contributed by atoms with Crippen LogP contribution in [0.5, 0.6) is 5.75 Å². The van der Waals surface area contributed by atoms with Crippen LogP contribution in [-0.2, 0) is 4.79 Å². The van der Waals surface area contributed by atoms with E-state index in [0.717, 1.165) is 16.9 Å². The summed E-state index contributed by atoms with van der Waals surface area (Å²) >= 11 is 0. The molecule has 148 valence electrons. The largest absolute Gasteiger partial charge is 0.497 e. The van der Waals surface area contributed by atoms with E-state index >= 15 is 0 Å². The topological polar surface area (TPSA) is 85.0 Å². The van der Waals surface area contributed by atoms with Crippen molar-refractivity contribution >= 4 is 29.2 Å². The maximum atomic E-state index is 13.2. The van der Waals surface area contributed by atoms with Crippen LogP contribution in [0.1, 0.15) is 11.1 Å². The number of anilines is 1. The molecule has 4 rings (SSSR count). The Bertz CT molecular complexity index is 1150. The van der Waals surface area contributed by atoms with Crippen molar-refractivity contribution in [3.63, 3.8) is 0 Å². The molecule has 30 heavy (non-hydrogen) atoms. The van der Waals surface area contributed by atoms with Crippen LogP contribution < -0.4 is 9.64 Å². The molecule has 0 fully saturated rings. The lowest BCUT2D eigenvalue weighted by Gasteiger charge is -2.18. The second kappa shape index (κ2) is 8.00. The lowest BCUT2D eigenvalue weighted by Crippen LogP contribution is -2.32. The Kier molecular flexibility index (Phi) is 5.09. The highest BCUT2D eigenvalue weighted by atomic mass is 16.6. The van der Waals surface area contributed by atoms with Gasteiger partial charge in [-0.25, -0.2) is 4.99 Å². The summed E-state index contributed by atoms with van der Waals surface area (Å²) in [7, 11) is 1.59. The Labute approximate surface area is 172 Å². The fourth-order valence-corrected chi connectivity index (χ4v) is 3.12. The predicted octanol–water partition coefficient (Wildman–Crippen LogP) is 4.44. The highest BCUT2D eigenvalue weighted by Crippen LogP contribution is 2.29. The number of carbonyl (C=O) groups excluding carboxylic acids is 1. The molecule has 3 aromatic carbocycles. The van der Waals surface area contributed by atoms with Gasteiger partial charge in [0.2, 0.25) is 0 Å². The molecule has 1 aliphatic rings. The number of rotatable bonds is 5. The summed E-state index contributed by atoms with van der Waals surface area (Å²) in [6.07, 6.45) is 1.70. The van der Waals surface area contributed by atoms with Crippen LogP contribution in [0.3, 0.4) is 0 Å². The first kappa shape index (κ1) is 19.1.